The zero-order chi connectivity index (χ0) is 4.83. The summed E-state index contributed by atoms with van der Waals surface area (Å²) in [5.41, 5.74) is 0. The van der Waals surface area contributed by atoms with E-state index in [1.165, 1.54) is 0 Å². The largest absolute Gasteiger partial charge is 0.147 e. The van der Waals surface area contributed by atoms with Crippen LogP contribution in [0.2, 0.25) is 0 Å². The van der Waals surface area contributed by atoms with E-state index >= 15 is 0 Å². The molecule has 0 saturated heterocycles. The molecule has 0 N–H and O–H groups in total. The van der Waals surface area contributed by atoms with Gasteiger partial charge in [0.1, 0.15) is 0 Å². The van der Waals surface area contributed by atoms with Gasteiger partial charge in [0.05, 0.1) is 0 Å². The maximum Gasteiger partial charge on any atom is -0.0376 e. The normalized spacial score (nSPS) is 8.14. The average molecular weight is 119 g/mol. The van der Waals surface area contributed by atoms with Crippen LogP contribution in [0.4, 0.5) is 0 Å². The van der Waals surface area contributed by atoms with Crippen LogP contribution in [0.25, 0.3) is 0 Å². The Hall–Kier alpha value is -0.230. The number of rotatable bonds is 2. The van der Waals surface area contributed by atoms with Crippen LogP contribution in [0.5, 0.6) is 0 Å². The lowest BCUT2D eigenvalue weighted by Gasteiger charge is -1.67. The summed E-state index contributed by atoms with van der Waals surface area (Å²) < 4.78 is 0. The molecule has 0 aliphatic heterocycles. The minimum absolute atomic E-state index is 0. The Labute approximate surface area is 51.3 Å². The standard InChI is InChI=1S/C6H10.ClH/c1-3-5-6-4-2;/h3,5-6H,1,4H2,2H3;1H. The second kappa shape index (κ2) is 9.24. The molecule has 42 valence electrons. The Morgan fingerprint density at radius 1 is 1.57 bits per heavy atom. The zero-order valence-electron chi connectivity index (χ0n) is 4.55. The van der Waals surface area contributed by atoms with Crippen LogP contribution in [0.1, 0.15) is 13.3 Å². The summed E-state index contributed by atoms with van der Waals surface area (Å²) >= 11 is 0. The van der Waals surface area contributed by atoms with Gasteiger partial charge < -0.3 is 0 Å². The lowest BCUT2D eigenvalue weighted by molar-refractivity contribution is 1.22. The number of allylic oxidation sites excluding steroid dienone is 3. The molecule has 1 heteroatoms. The van der Waals surface area contributed by atoms with E-state index in [4.69, 9.17) is 0 Å². The van der Waals surface area contributed by atoms with Gasteiger partial charge in [0.25, 0.3) is 0 Å². The van der Waals surface area contributed by atoms with Gasteiger partial charge in [-0.3, -0.25) is 0 Å². The van der Waals surface area contributed by atoms with Crippen LogP contribution in [-0.4, -0.2) is 0 Å². The van der Waals surface area contributed by atoms with E-state index in [2.05, 4.69) is 19.6 Å². The van der Waals surface area contributed by atoms with Crippen LogP contribution in [0.3, 0.4) is 0 Å². The van der Waals surface area contributed by atoms with Gasteiger partial charge in [-0.25, -0.2) is 0 Å². The third kappa shape index (κ3) is 10.7. The molecule has 0 unspecified atom stereocenters. The van der Waals surface area contributed by atoms with Crippen molar-refractivity contribution in [2.75, 3.05) is 0 Å². The van der Waals surface area contributed by atoms with E-state index in [9.17, 15) is 0 Å². The molecular formula is C6H11Cl. The Morgan fingerprint density at radius 2 is 2.14 bits per heavy atom. The fourth-order valence-electron chi connectivity index (χ4n) is 0.232. The van der Waals surface area contributed by atoms with E-state index in [0.29, 0.717) is 0 Å². The molecule has 0 nitrogen and oxygen atoms in total. The fraction of sp³-hybridized carbons (Fsp3) is 0.333. The summed E-state index contributed by atoms with van der Waals surface area (Å²) in [4.78, 5) is 0. The lowest BCUT2D eigenvalue weighted by Crippen LogP contribution is -1.46. The SMILES string of the molecule is C=CC=CCC.Cl. The predicted molar refractivity (Wildman–Crippen MR) is 36.9 cm³/mol. The van der Waals surface area contributed by atoms with Crippen molar-refractivity contribution in [3.05, 3.63) is 24.8 Å². The first-order valence-corrected chi connectivity index (χ1v) is 2.19. The van der Waals surface area contributed by atoms with E-state index in [-0.39, 0.29) is 12.4 Å². The minimum Gasteiger partial charge on any atom is -0.147 e. The summed E-state index contributed by atoms with van der Waals surface area (Å²) in [7, 11) is 0. The quantitative estimate of drug-likeness (QED) is 0.489. The molecule has 0 aromatic carbocycles. The highest BCUT2D eigenvalue weighted by molar-refractivity contribution is 5.85. The molecule has 0 aromatic rings. The van der Waals surface area contributed by atoms with E-state index < -0.39 is 0 Å². The maximum atomic E-state index is 3.51. The monoisotopic (exact) mass is 118 g/mol. The van der Waals surface area contributed by atoms with Crippen molar-refractivity contribution in [1.29, 1.82) is 0 Å². The number of hydrogen-bond acceptors (Lipinski definition) is 0. The molecule has 0 aliphatic carbocycles. The Balaban J connectivity index is 0. The molecule has 0 atom stereocenters. The highest BCUT2D eigenvalue weighted by Gasteiger charge is 1.55. The van der Waals surface area contributed by atoms with Crippen LogP contribution in [-0.2, 0) is 0 Å². The second-order valence-corrected chi connectivity index (χ2v) is 1.07. The molecule has 0 heterocycles. The first-order chi connectivity index (χ1) is 2.91. The van der Waals surface area contributed by atoms with Gasteiger partial charge in [-0.15, -0.1) is 12.4 Å². The molecule has 0 radical (unpaired) electrons. The van der Waals surface area contributed by atoms with E-state index in [1.54, 1.807) is 6.08 Å². The first kappa shape index (κ1) is 9.91. The maximum absolute atomic E-state index is 3.51. The Bertz CT molecular complexity index is 55.2. The van der Waals surface area contributed by atoms with Crippen molar-refractivity contribution in [3.63, 3.8) is 0 Å². The third-order valence-corrected chi connectivity index (χ3v) is 0.508. The molecule has 0 saturated carbocycles. The Kier molecular flexibility index (Phi) is 13.1. The smallest absolute Gasteiger partial charge is 0.0376 e. The fourth-order valence-corrected chi connectivity index (χ4v) is 0.232. The molecule has 7 heavy (non-hydrogen) atoms. The molecule has 0 aliphatic rings. The lowest BCUT2D eigenvalue weighted by atomic mass is 10.4. The molecule has 0 amide bonds. The number of hydrogen-bond donors (Lipinski definition) is 0. The summed E-state index contributed by atoms with van der Waals surface area (Å²) in [6.45, 7) is 5.61. The van der Waals surface area contributed by atoms with Gasteiger partial charge in [0.15, 0.2) is 0 Å². The van der Waals surface area contributed by atoms with Gasteiger partial charge in [-0.05, 0) is 6.42 Å². The Morgan fingerprint density at radius 3 is 2.29 bits per heavy atom. The molecule has 0 aromatic heterocycles. The zero-order valence-corrected chi connectivity index (χ0v) is 5.37. The van der Waals surface area contributed by atoms with Crippen molar-refractivity contribution in [3.8, 4) is 0 Å². The van der Waals surface area contributed by atoms with Gasteiger partial charge in [0, 0.05) is 0 Å². The van der Waals surface area contributed by atoms with Crippen LogP contribution in [0, 0.1) is 0 Å². The highest BCUT2D eigenvalue weighted by Crippen LogP contribution is 1.76. The first-order valence-electron chi connectivity index (χ1n) is 2.19. The molecule has 0 bridgehead atoms. The highest BCUT2D eigenvalue weighted by atomic mass is 35.5. The third-order valence-electron chi connectivity index (χ3n) is 0.508. The van der Waals surface area contributed by atoms with E-state index in [0.717, 1.165) is 6.42 Å². The van der Waals surface area contributed by atoms with Crippen LogP contribution in [0.15, 0.2) is 24.8 Å². The van der Waals surface area contributed by atoms with Crippen molar-refractivity contribution in [2.45, 2.75) is 13.3 Å². The molecule has 0 rings (SSSR count). The summed E-state index contributed by atoms with van der Waals surface area (Å²) in [6.07, 6.45) is 6.89. The topological polar surface area (TPSA) is 0 Å². The van der Waals surface area contributed by atoms with Gasteiger partial charge in [-0.2, -0.15) is 0 Å². The van der Waals surface area contributed by atoms with Crippen LogP contribution >= 0.6 is 12.4 Å². The summed E-state index contributed by atoms with van der Waals surface area (Å²) in [5.74, 6) is 0. The summed E-state index contributed by atoms with van der Waals surface area (Å²) in [5, 5.41) is 0. The van der Waals surface area contributed by atoms with Gasteiger partial charge in [0.2, 0.25) is 0 Å². The number of halogens is 1. The average Bonchev–Trinajstić information content (AvgIpc) is 1.61. The van der Waals surface area contributed by atoms with Crippen LogP contribution < -0.4 is 0 Å². The predicted octanol–water partition coefficient (Wildman–Crippen LogP) is 2.56. The molecule has 0 fully saturated rings. The van der Waals surface area contributed by atoms with Crippen molar-refractivity contribution in [2.24, 2.45) is 0 Å². The van der Waals surface area contributed by atoms with Crippen molar-refractivity contribution in [1.82, 2.24) is 0 Å². The molecule has 0 spiro atoms. The van der Waals surface area contributed by atoms with Gasteiger partial charge >= 0.3 is 0 Å². The second-order valence-electron chi connectivity index (χ2n) is 1.07. The molecular weight excluding hydrogens is 108 g/mol. The van der Waals surface area contributed by atoms with Crippen molar-refractivity contribution < 1.29 is 0 Å². The van der Waals surface area contributed by atoms with E-state index in [1.807, 2.05) is 6.08 Å². The van der Waals surface area contributed by atoms with Gasteiger partial charge in [-0.1, -0.05) is 31.7 Å². The minimum atomic E-state index is 0. The van der Waals surface area contributed by atoms with Crippen molar-refractivity contribution >= 4 is 12.4 Å². The summed E-state index contributed by atoms with van der Waals surface area (Å²) in [6, 6.07) is 0.